The van der Waals surface area contributed by atoms with Crippen molar-refractivity contribution in [2.24, 2.45) is 11.7 Å². The molecule has 0 saturated carbocycles. The van der Waals surface area contributed by atoms with Crippen LogP contribution < -0.4 is 20.7 Å². The van der Waals surface area contributed by atoms with E-state index in [0.717, 1.165) is 56.6 Å². The van der Waals surface area contributed by atoms with Gasteiger partial charge in [-0.15, -0.1) is 10.2 Å². The summed E-state index contributed by atoms with van der Waals surface area (Å²) in [6.45, 7) is 5.64. The van der Waals surface area contributed by atoms with Crippen LogP contribution in [0.1, 0.15) is 65.4 Å². The van der Waals surface area contributed by atoms with Crippen LogP contribution in [0.3, 0.4) is 0 Å². The molecule has 1 amide bonds. The van der Waals surface area contributed by atoms with E-state index in [0.29, 0.717) is 42.6 Å². The van der Waals surface area contributed by atoms with E-state index in [9.17, 15) is 9.59 Å². The van der Waals surface area contributed by atoms with E-state index >= 15 is 0 Å². The maximum Gasteiger partial charge on any atom is 0.273 e. The fourth-order valence-corrected chi connectivity index (χ4v) is 5.37. The first-order chi connectivity index (χ1) is 19.9. The second-order valence-corrected chi connectivity index (χ2v) is 10.5. The Hall–Kier alpha value is -4.54. The minimum atomic E-state index is -0.732. The molecule has 2 aliphatic rings. The first-order valence-electron chi connectivity index (χ1n) is 14.2. The minimum Gasteiger partial charge on any atom is -0.494 e. The highest BCUT2D eigenvalue weighted by Gasteiger charge is 2.26. The monoisotopic (exact) mass is 556 g/mol. The molecule has 11 heteroatoms. The van der Waals surface area contributed by atoms with Crippen LogP contribution in [0.25, 0.3) is 0 Å². The predicted molar refractivity (Wildman–Crippen MR) is 157 cm³/mol. The Morgan fingerprint density at radius 3 is 2.39 bits per heavy atom. The number of hydrogen-bond acceptors (Lipinski definition) is 9. The number of nitrogens with one attached hydrogen (secondary N) is 2. The van der Waals surface area contributed by atoms with Gasteiger partial charge in [-0.1, -0.05) is 0 Å². The molecule has 0 radical (unpaired) electrons. The summed E-state index contributed by atoms with van der Waals surface area (Å²) in [6, 6.07) is 14.7. The predicted octanol–water partition coefficient (Wildman–Crippen LogP) is 4.02. The molecule has 214 valence electrons. The van der Waals surface area contributed by atoms with Gasteiger partial charge in [-0.2, -0.15) is 4.98 Å². The Morgan fingerprint density at radius 1 is 1.00 bits per heavy atom. The van der Waals surface area contributed by atoms with Crippen LogP contribution in [0.4, 0.5) is 17.5 Å². The molecule has 1 atom stereocenters. The molecule has 0 aliphatic carbocycles. The van der Waals surface area contributed by atoms with Gasteiger partial charge in [-0.25, -0.2) is 0 Å². The third-order valence-corrected chi connectivity index (χ3v) is 7.52. The largest absolute Gasteiger partial charge is 0.494 e. The quantitative estimate of drug-likeness (QED) is 0.191. The fourth-order valence-electron chi connectivity index (χ4n) is 5.37. The van der Waals surface area contributed by atoms with Crippen LogP contribution in [0.2, 0.25) is 0 Å². The molecular formula is C30H36N8O3. The zero-order valence-corrected chi connectivity index (χ0v) is 23.3. The Balaban J connectivity index is 1.26. The van der Waals surface area contributed by atoms with Gasteiger partial charge in [0, 0.05) is 49.4 Å². The molecule has 5 rings (SSSR count). The summed E-state index contributed by atoms with van der Waals surface area (Å²) in [4.78, 5) is 33.8. The molecule has 0 spiro atoms. The van der Waals surface area contributed by atoms with Crippen molar-refractivity contribution in [3.63, 3.8) is 0 Å². The smallest absolute Gasteiger partial charge is 0.273 e. The lowest BCUT2D eigenvalue weighted by atomic mass is 9.91. The van der Waals surface area contributed by atoms with Gasteiger partial charge in [0.25, 0.3) is 5.91 Å². The van der Waals surface area contributed by atoms with E-state index in [1.807, 2.05) is 60.4 Å². The van der Waals surface area contributed by atoms with Crippen LogP contribution in [-0.4, -0.2) is 70.4 Å². The van der Waals surface area contributed by atoms with Crippen molar-refractivity contribution in [1.29, 1.82) is 5.41 Å². The van der Waals surface area contributed by atoms with Gasteiger partial charge in [0.05, 0.1) is 6.61 Å². The number of anilines is 3. The Labute approximate surface area is 239 Å². The van der Waals surface area contributed by atoms with E-state index < -0.39 is 5.91 Å². The second kappa shape index (κ2) is 12.8. The zero-order chi connectivity index (χ0) is 28.8. The van der Waals surface area contributed by atoms with E-state index in [2.05, 4.69) is 25.4 Å². The number of hydrogen-bond donors (Lipinski definition) is 3. The van der Waals surface area contributed by atoms with Crippen molar-refractivity contribution in [3.05, 3.63) is 65.4 Å². The number of rotatable bonds is 10. The van der Waals surface area contributed by atoms with Gasteiger partial charge in [0.15, 0.2) is 17.3 Å². The highest BCUT2D eigenvalue weighted by atomic mass is 16.5. The Kier molecular flexibility index (Phi) is 8.71. The Bertz CT molecular complexity index is 1390. The van der Waals surface area contributed by atoms with Gasteiger partial charge < -0.3 is 25.6 Å². The lowest BCUT2D eigenvalue weighted by Crippen LogP contribution is -2.38. The number of piperidine rings is 1. The SMILES string of the molecule is CCOc1ccc(C(=O)C[C@@H]2CCCN(c3nnc(C(N)=O)c(Nc4ccc(C(=N)N5CCCC5)cc4)n3)C2)cc1. The standard InChI is InChI=1S/C30H36N8O3/c1-2-41-24-13-9-21(10-14-24)25(39)18-20-6-5-17-38(19-20)30-34-29(26(28(32)40)35-36-30)33-23-11-7-22(8-12-23)27(31)37-15-3-4-16-37/h7-14,20,31H,2-6,15-19H2,1H3,(H2,32,40)(H,33,34,36)/t20-/m0/s1. The van der Waals surface area contributed by atoms with Crippen LogP contribution in [0, 0.1) is 11.3 Å². The molecule has 3 aromatic rings. The number of amidine groups is 1. The number of benzene rings is 2. The van der Waals surface area contributed by atoms with Gasteiger partial charge in [-0.3, -0.25) is 15.0 Å². The molecule has 0 unspecified atom stereocenters. The molecular weight excluding hydrogens is 520 g/mol. The number of carbonyl (C=O) groups is 2. The highest BCUT2D eigenvalue weighted by molar-refractivity contribution is 5.98. The van der Waals surface area contributed by atoms with Gasteiger partial charge >= 0.3 is 0 Å². The summed E-state index contributed by atoms with van der Waals surface area (Å²) in [7, 11) is 0. The Morgan fingerprint density at radius 2 is 1.71 bits per heavy atom. The van der Waals surface area contributed by atoms with Gasteiger partial charge in [0.2, 0.25) is 5.95 Å². The number of ether oxygens (including phenoxy) is 1. The van der Waals surface area contributed by atoms with E-state index in [1.54, 1.807) is 0 Å². The normalized spacial score (nSPS) is 16.9. The average Bonchev–Trinajstić information content (AvgIpc) is 3.53. The summed E-state index contributed by atoms with van der Waals surface area (Å²) in [5.41, 5.74) is 7.71. The molecule has 2 aliphatic heterocycles. The molecule has 3 heterocycles. The summed E-state index contributed by atoms with van der Waals surface area (Å²) in [6.07, 6.45) is 4.45. The molecule has 11 nitrogen and oxygen atoms in total. The number of primary amides is 1. The molecule has 2 aromatic carbocycles. The fraction of sp³-hybridized carbons (Fsp3) is 0.400. The number of carbonyl (C=O) groups excluding carboxylic acids is 2. The number of amides is 1. The van der Waals surface area contributed by atoms with Gasteiger partial charge in [0.1, 0.15) is 11.6 Å². The van der Waals surface area contributed by atoms with Crippen LogP contribution in [-0.2, 0) is 0 Å². The molecule has 41 heavy (non-hydrogen) atoms. The van der Waals surface area contributed by atoms with Crippen molar-refractivity contribution in [1.82, 2.24) is 20.1 Å². The molecule has 2 fully saturated rings. The lowest BCUT2D eigenvalue weighted by molar-refractivity contribution is 0.0954. The van der Waals surface area contributed by atoms with Crippen molar-refractivity contribution >= 4 is 35.0 Å². The van der Waals surface area contributed by atoms with Crippen LogP contribution in [0.5, 0.6) is 5.75 Å². The number of likely N-dealkylation sites (tertiary alicyclic amines) is 1. The maximum atomic E-state index is 13.0. The summed E-state index contributed by atoms with van der Waals surface area (Å²) >= 11 is 0. The number of Topliss-reactive ketones (excluding diaryl/α,β-unsaturated/α-hetero) is 1. The lowest BCUT2D eigenvalue weighted by Gasteiger charge is -2.32. The molecule has 4 N–H and O–H groups in total. The number of aromatic nitrogens is 3. The molecule has 1 aromatic heterocycles. The topological polar surface area (TPSA) is 150 Å². The number of nitrogens with zero attached hydrogens (tertiary/aromatic N) is 5. The number of ketones is 1. The van der Waals surface area contributed by atoms with Crippen molar-refractivity contribution in [3.8, 4) is 5.75 Å². The second-order valence-electron chi connectivity index (χ2n) is 10.5. The average molecular weight is 557 g/mol. The summed E-state index contributed by atoms with van der Waals surface area (Å²) in [5, 5.41) is 19.9. The summed E-state index contributed by atoms with van der Waals surface area (Å²) in [5.74, 6) is 1.35. The minimum absolute atomic E-state index is 0.0538. The first kappa shape index (κ1) is 28.0. The van der Waals surface area contributed by atoms with Crippen molar-refractivity contribution < 1.29 is 14.3 Å². The van der Waals surface area contributed by atoms with E-state index in [1.165, 1.54) is 0 Å². The van der Waals surface area contributed by atoms with Gasteiger partial charge in [-0.05, 0) is 87.1 Å². The third kappa shape index (κ3) is 6.79. The van der Waals surface area contributed by atoms with Crippen LogP contribution in [0.15, 0.2) is 48.5 Å². The zero-order valence-electron chi connectivity index (χ0n) is 23.3. The molecule has 0 bridgehead atoms. The maximum absolute atomic E-state index is 13.0. The first-order valence-corrected chi connectivity index (χ1v) is 14.2. The van der Waals surface area contributed by atoms with Crippen LogP contribution >= 0.6 is 0 Å². The third-order valence-electron chi connectivity index (χ3n) is 7.52. The van der Waals surface area contributed by atoms with Crippen molar-refractivity contribution in [2.75, 3.05) is 43.0 Å². The molecule has 2 saturated heterocycles. The van der Waals surface area contributed by atoms with Crippen molar-refractivity contribution in [2.45, 2.75) is 39.0 Å². The summed E-state index contributed by atoms with van der Waals surface area (Å²) < 4.78 is 5.48. The van der Waals surface area contributed by atoms with E-state index in [4.69, 9.17) is 15.9 Å². The number of nitrogens with two attached hydrogens (primary N) is 1. The highest BCUT2D eigenvalue weighted by Crippen LogP contribution is 2.27. The van der Waals surface area contributed by atoms with E-state index in [-0.39, 0.29) is 23.2 Å².